The summed E-state index contributed by atoms with van der Waals surface area (Å²) in [6, 6.07) is 30.5. The first-order valence-corrected chi connectivity index (χ1v) is 9.45. The Labute approximate surface area is 169 Å². The molecular weight excluding hydrogens is 362 g/mol. The van der Waals surface area contributed by atoms with Crippen LogP contribution in [0.4, 0.5) is 5.69 Å². The number of benzene rings is 3. The molecule has 0 atom stereocenters. The zero-order valence-electron chi connectivity index (χ0n) is 15.8. The van der Waals surface area contributed by atoms with E-state index >= 15 is 0 Å². The van der Waals surface area contributed by atoms with Crippen LogP contribution in [-0.2, 0) is 11.4 Å². The van der Waals surface area contributed by atoms with Crippen molar-refractivity contribution in [2.45, 2.75) is 12.5 Å². The SMILES string of the molecule is O=C(Nc1cccc(-c2ccc(CO)o2)c1)C(c1ccccc1)c1ccccc1. The van der Waals surface area contributed by atoms with E-state index in [0.717, 1.165) is 16.7 Å². The van der Waals surface area contributed by atoms with Gasteiger partial charge in [0.2, 0.25) is 5.91 Å². The minimum atomic E-state index is -0.411. The van der Waals surface area contributed by atoms with Gasteiger partial charge in [-0.15, -0.1) is 0 Å². The lowest BCUT2D eigenvalue weighted by Crippen LogP contribution is -2.22. The van der Waals surface area contributed by atoms with Crippen LogP contribution in [0.3, 0.4) is 0 Å². The van der Waals surface area contributed by atoms with Crippen molar-refractivity contribution in [2.24, 2.45) is 0 Å². The molecule has 0 spiro atoms. The Hall–Kier alpha value is -3.63. The molecule has 0 unspecified atom stereocenters. The lowest BCUT2D eigenvalue weighted by molar-refractivity contribution is -0.116. The van der Waals surface area contributed by atoms with Crippen LogP contribution in [0, 0.1) is 0 Å². The van der Waals surface area contributed by atoms with Gasteiger partial charge in [-0.1, -0.05) is 72.8 Å². The van der Waals surface area contributed by atoms with E-state index in [2.05, 4.69) is 5.32 Å². The van der Waals surface area contributed by atoms with Crippen molar-refractivity contribution in [3.63, 3.8) is 0 Å². The van der Waals surface area contributed by atoms with Crippen molar-refractivity contribution in [3.05, 3.63) is 114 Å². The Kier molecular flexibility index (Phi) is 5.54. The molecule has 4 rings (SSSR count). The molecular formula is C25H21NO3. The highest BCUT2D eigenvalue weighted by atomic mass is 16.4. The van der Waals surface area contributed by atoms with Crippen LogP contribution >= 0.6 is 0 Å². The zero-order valence-corrected chi connectivity index (χ0v) is 15.8. The van der Waals surface area contributed by atoms with Crippen LogP contribution in [0.5, 0.6) is 0 Å². The van der Waals surface area contributed by atoms with E-state index in [0.29, 0.717) is 17.2 Å². The maximum absolute atomic E-state index is 13.2. The molecule has 0 bridgehead atoms. The summed E-state index contributed by atoms with van der Waals surface area (Å²) in [5.41, 5.74) is 3.39. The van der Waals surface area contributed by atoms with Crippen LogP contribution < -0.4 is 5.32 Å². The lowest BCUT2D eigenvalue weighted by Gasteiger charge is -2.18. The van der Waals surface area contributed by atoms with Gasteiger partial charge in [0.05, 0.1) is 5.92 Å². The Morgan fingerprint density at radius 3 is 2.07 bits per heavy atom. The van der Waals surface area contributed by atoms with Crippen LogP contribution in [0.15, 0.2) is 101 Å². The fourth-order valence-corrected chi connectivity index (χ4v) is 3.37. The molecule has 1 aromatic heterocycles. The Morgan fingerprint density at radius 2 is 1.48 bits per heavy atom. The van der Waals surface area contributed by atoms with Gasteiger partial charge >= 0.3 is 0 Å². The lowest BCUT2D eigenvalue weighted by atomic mass is 9.90. The minimum absolute atomic E-state index is 0.102. The highest BCUT2D eigenvalue weighted by Gasteiger charge is 2.22. The molecule has 0 aliphatic rings. The zero-order chi connectivity index (χ0) is 20.1. The molecule has 2 N–H and O–H groups in total. The van der Waals surface area contributed by atoms with E-state index in [1.165, 1.54) is 0 Å². The molecule has 0 aliphatic carbocycles. The monoisotopic (exact) mass is 383 g/mol. The minimum Gasteiger partial charge on any atom is -0.459 e. The van der Waals surface area contributed by atoms with E-state index in [1.807, 2.05) is 91.0 Å². The molecule has 0 saturated carbocycles. The van der Waals surface area contributed by atoms with Crippen molar-refractivity contribution in [1.82, 2.24) is 0 Å². The van der Waals surface area contributed by atoms with E-state index in [1.54, 1.807) is 6.07 Å². The molecule has 0 saturated heterocycles. The highest BCUT2D eigenvalue weighted by Crippen LogP contribution is 2.28. The number of aliphatic hydroxyl groups excluding tert-OH is 1. The second-order valence-corrected chi connectivity index (χ2v) is 6.75. The number of nitrogens with one attached hydrogen (secondary N) is 1. The normalized spacial score (nSPS) is 10.8. The van der Waals surface area contributed by atoms with Crippen LogP contribution in [0.1, 0.15) is 22.8 Å². The molecule has 3 aromatic carbocycles. The van der Waals surface area contributed by atoms with Gasteiger partial charge in [0.15, 0.2) is 0 Å². The number of carbonyl (C=O) groups excluding carboxylic acids is 1. The molecule has 0 radical (unpaired) electrons. The summed E-state index contributed by atoms with van der Waals surface area (Å²) in [5.74, 6) is 0.635. The topological polar surface area (TPSA) is 62.5 Å². The fraction of sp³-hybridized carbons (Fsp3) is 0.0800. The Balaban J connectivity index is 1.62. The number of carbonyl (C=O) groups is 1. The molecule has 144 valence electrons. The molecule has 1 heterocycles. The first kappa shape index (κ1) is 18.7. The van der Waals surface area contributed by atoms with E-state index in [9.17, 15) is 9.90 Å². The largest absolute Gasteiger partial charge is 0.459 e. The summed E-state index contributed by atoms with van der Waals surface area (Å²) in [7, 11) is 0. The standard InChI is InChI=1S/C25H21NO3/c27-17-22-14-15-23(29-22)20-12-7-13-21(16-20)26-25(28)24(18-8-3-1-4-9-18)19-10-5-2-6-11-19/h1-16,24,27H,17H2,(H,26,28). The number of anilines is 1. The van der Waals surface area contributed by atoms with Gasteiger partial charge in [0.1, 0.15) is 18.1 Å². The van der Waals surface area contributed by atoms with Crippen molar-refractivity contribution in [3.8, 4) is 11.3 Å². The fourth-order valence-electron chi connectivity index (χ4n) is 3.37. The van der Waals surface area contributed by atoms with Gasteiger partial charge in [0, 0.05) is 11.3 Å². The summed E-state index contributed by atoms with van der Waals surface area (Å²) < 4.78 is 5.60. The maximum Gasteiger partial charge on any atom is 0.236 e. The number of amides is 1. The number of hydrogen-bond acceptors (Lipinski definition) is 3. The van der Waals surface area contributed by atoms with Crippen LogP contribution in [-0.4, -0.2) is 11.0 Å². The highest BCUT2D eigenvalue weighted by molar-refractivity contribution is 5.98. The van der Waals surface area contributed by atoms with E-state index in [-0.39, 0.29) is 12.5 Å². The second-order valence-electron chi connectivity index (χ2n) is 6.75. The summed E-state index contributed by atoms with van der Waals surface area (Å²) in [6.07, 6.45) is 0. The van der Waals surface area contributed by atoms with Gasteiger partial charge in [-0.2, -0.15) is 0 Å². The van der Waals surface area contributed by atoms with E-state index < -0.39 is 5.92 Å². The van der Waals surface area contributed by atoms with Crippen molar-refractivity contribution in [1.29, 1.82) is 0 Å². The van der Waals surface area contributed by atoms with Gasteiger partial charge in [0.25, 0.3) is 0 Å². The predicted molar refractivity (Wildman–Crippen MR) is 113 cm³/mol. The molecule has 4 heteroatoms. The average Bonchev–Trinajstić information content (AvgIpc) is 3.25. The maximum atomic E-state index is 13.2. The van der Waals surface area contributed by atoms with Gasteiger partial charge in [-0.25, -0.2) is 0 Å². The van der Waals surface area contributed by atoms with Crippen molar-refractivity contribution < 1.29 is 14.3 Å². The van der Waals surface area contributed by atoms with Gasteiger partial charge in [-0.3, -0.25) is 4.79 Å². The third kappa shape index (κ3) is 4.28. The van der Waals surface area contributed by atoms with Crippen molar-refractivity contribution >= 4 is 11.6 Å². The van der Waals surface area contributed by atoms with E-state index in [4.69, 9.17) is 4.42 Å². The predicted octanol–water partition coefficient (Wildman–Crippen LogP) is 5.21. The molecule has 29 heavy (non-hydrogen) atoms. The number of furan rings is 1. The summed E-state index contributed by atoms with van der Waals surface area (Å²) in [6.45, 7) is -0.147. The molecule has 4 aromatic rings. The molecule has 1 amide bonds. The smallest absolute Gasteiger partial charge is 0.236 e. The third-order valence-electron chi connectivity index (χ3n) is 4.76. The Bertz CT molecular complexity index is 1050. The second kappa shape index (κ2) is 8.59. The number of aliphatic hydroxyl groups is 1. The summed E-state index contributed by atoms with van der Waals surface area (Å²) in [4.78, 5) is 13.2. The van der Waals surface area contributed by atoms with Crippen LogP contribution in [0.2, 0.25) is 0 Å². The average molecular weight is 383 g/mol. The van der Waals surface area contributed by atoms with Crippen molar-refractivity contribution in [2.75, 3.05) is 5.32 Å². The first-order chi connectivity index (χ1) is 14.2. The molecule has 0 aliphatic heterocycles. The summed E-state index contributed by atoms with van der Waals surface area (Å²) in [5, 5.41) is 12.2. The molecule has 0 fully saturated rings. The first-order valence-electron chi connectivity index (χ1n) is 9.45. The quantitative estimate of drug-likeness (QED) is 0.480. The summed E-state index contributed by atoms with van der Waals surface area (Å²) >= 11 is 0. The molecule has 4 nitrogen and oxygen atoms in total. The third-order valence-corrected chi connectivity index (χ3v) is 4.76. The number of hydrogen-bond donors (Lipinski definition) is 2. The van der Waals surface area contributed by atoms with Gasteiger partial charge in [-0.05, 0) is 35.4 Å². The van der Waals surface area contributed by atoms with Gasteiger partial charge < -0.3 is 14.8 Å². The number of rotatable bonds is 6. The Morgan fingerprint density at radius 1 is 0.828 bits per heavy atom. The van der Waals surface area contributed by atoms with Crippen LogP contribution in [0.25, 0.3) is 11.3 Å².